The molecule has 0 aromatic carbocycles. The van der Waals surface area contributed by atoms with Crippen LogP contribution in [-0.4, -0.2) is 53.4 Å². The molecule has 2 aliphatic heterocycles. The van der Waals surface area contributed by atoms with Gasteiger partial charge in [0.15, 0.2) is 0 Å². The van der Waals surface area contributed by atoms with E-state index in [2.05, 4.69) is 0 Å². The molecule has 3 N–H and O–H groups in total. The van der Waals surface area contributed by atoms with Crippen LogP contribution in [0.5, 0.6) is 0 Å². The van der Waals surface area contributed by atoms with Gasteiger partial charge in [-0.1, -0.05) is 0 Å². The van der Waals surface area contributed by atoms with Crippen molar-refractivity contribution in [3.8, 4) is 0 Å². The largest absolute Gasteiger partial charge is 0.388 e. The average Bonchev–Trinajstić information content (AvgIpc) is 2.64. The zero-order chi connectivity index (χ0) is 11.8. The van der Waals surface area contributed by atoms with Crippen LogP contribution in [0.3, 0.4) is 0 Å². The molecule has 0 aliphatic carbocycles. The van der Waals surface area contributed by atoms with Gasteiger partial charge in [-0.25, -0.2) is 0 Å². The molecule has 2 unspecified atom stereocenters. The van der Waals surface area contributed by atoms with Crippen molar-refractivity contribution >= 4 is 5.91 Å². The monoisotopic (exact) mass is 228 g/mol. The molecule has 0 aromatic rings. The van der Waals surface area contributed by atoms with E-state index >= 15 is 0 Å². The summed E-state index contributed by atoms with van der Waals surface area (Å²) in [5.41, 5.74) is 4.38. The number of carbonyl (C=O) groups is 1. The minimum Gasteiger partial charge on any atom is -0.388 e. The lowest BCUT2D eigenvalue weighted by atomic mass is 9.91. The highest BCUT2D eigenvalue weighted by molar-refractivity contribution is 5.86. The second-order valence-electron chi connectivity index (χ2n) is 5.29. The normalized spacial score (nSPS) is 40.1. The van der Waals surface area contributed by atoms with E-state index in [1.54, 1.807) is 11.8 Å². The molecular formula is C11H20N2O3. The minimum atomic E-state index is -0.868. The number of rotatable bonds is 1. The van der Waals surface area contributed by atoms with E-state index in [-0.39, 0.29) is 5.91 Å². The van der Waals surface area contributed by atoms with Crippen LogP contribution in [0.25, 0.3) is 0 Å². The number of piperidine rings is 1. The van der Waals surface area contributed by atoms with Gasteiger partial charge in [-0.2, -0.15) is 0 Å². The van der Waals surface area contributed by atoms with Gasteiger partial charge in [-0.05, 0) is 26.2 Å². The van der Waals surface area contributed by atoms with Crippen LogP contribution < -0.4 is 5.73 Å². The Labute approximate surface area is 95.5 Å². The van der Waals surface area contributed by atoms with E-state index in [4.69, 9.17) is 10.5 Å². The zero-order valence-corrected chi connectivity index (χ0v) is 9.74. The number of likely N-dealkylation sites (tertiary alicyclic amines) is 1. The van der Waals surface area contributed by atoms with Gasteiger partial charge in [0.1, 0.15) is 5.54 Å². The Morgan fingerprint density at radius 1 is 1.50 bits per heavy atom. The minimum absolute atomic E-state index is 0.0787. The number of carbonyl (C=O) groups excluding carboxylic acids is 1. The summed E-state index contributed by atoms with van der Waals surface area (Å²) in [6, 6.07) is 0. The smallest absolute Gasteiger partial charge is 0.245 e. The molecule has 2 heterocycles. The van der Waals surface area contributed by atoms with Crippen molar-refractivity contribution in [1.82, 2.24) is 4.90 Å². The molecular weight excluding hydrogens is 208 g/mol. The number of hydrogen-bond donors (Lipinski definition) is 2. The molecule has 0 spiro atoms. The number of aliphatic hydroxyl groups is 1. The number of nitrogens with two attached hydrogens (primary N) is 1. The van der Waals surface area contributed by atoms with Crippen molar-refractivity contribution in [3.63, 3.8) is 0 Å². The van der Waals surface area contributed by atoms with Gasteiger partial charge in [-0.15, -0.1) is 0 Å². The van der Waals surface area contributed by atoms with Gasteiger partial charge in [0, 0.05) is 19.7 Å². The lowest BCUT2D eigenvalue weighted by Crippen LogP contribution is -2.60. The first-order chi connectivity index (χ1) is 7.43. The van der Waals surface area contributed by atoms with Crippen LogP contribution in [0.2, 0.25) is 0 Å². The first kappa shape index (κ1) is 11.8. The Morgan fingerprint density at radius 2 is 2.25 bits per heavy atom. The second-order valence-corrected chi connectivity index (χ2v) is 5.29. The van der Waals surface area contributed by atoms with Crippen LogP contribution >= 0.6 is 0 Å². The summed E-state index contributed by atoms with van der Waals surface area (Å²) in [5, 5.41) is 9.95. The van der Waals surface area contributed by atoms with E-state index < -0.39 is 11.1 Å². The predicted molar refractivity (Wildman–Crippen MR) is 58.8 cm³/mol. The molecule has 5 nitrogen and oxygen atoms in total. The molecule has 2 aliphatic rings. The van der Waals surface area contributed by atoms with Gasteiger partial charge in [0.2, 0.25) is 5.91 Å². The fraction of sp³-hybridized carbons (Fsp3) is 0.909. The van der Waals surface area contributed by atoms with Crippen molar-refractivity contribution in [3.05, 3.63) is 0 Å². The van der Waals surface area contributed by atoms with E-state index in [1.165, 1.54) is 0 Å². The highest BCUT2D eigenvalue weighted by Gasteiger charge is 2.43. The van der Waals surface area contributed by atoms with E-state index in [9.17, 15) is 9.90 Å². The third-order valence-electron chi connectivity index (χ3n) is 3.44. The van der Waals surface area contributed by atoms with Crippen molar-refractivity contribution in [2.75, 3.05) is 26.3 Å². The van der Waals surface area contributed by atoms with Crippen molar-refractivity contribution in [2.45, 2.75) is 37.3 Å². The SMILES string of the molecule is CC1(O)CCCN(C(=O)C2(N)CCOC2)C1. The lowest BCUT2D eigenvalue weighted by molar-refractivity contribution is -0.143. The topological polar surface area (TPSA) is 75.8 Å². The summed E-state index contributed by atoms with van der Waals surface area (Å²) in [6.07, 6.45) is 2.14. The van der Waals surface area contributed by atoms with Crippen molar-refractivity contribution in [2.24, 2.45) is 5.73 Å². The summed E-state index contributed by atoms with van der Waals surface area (Å²) < 4.78 is 5.19. The Hall–Kier alpha value is -0.650. The van der Waals surface area contributed by atoms with Crippen LogP contribution in [0.4, 0.5) is 0 Å². The third-order valence-corrected chi connectivity index (χ3v) is 3.44. The molecule has 16 heavy (non-hydrogen) atoms. The van der Waals surface area contributed by atoms with E-state index in [1.807, 2.05) is 0 Å². The summed E-state index contributed by atoms with van der Waals surface area (Å²) in [7, 11) is 0. The molecule has 0 aromatic heterocycles. The van der Waals surface area contributed by atoms with Gasteiger partial charge in [0.05, 0.1) is 12.2 Å². The molecule has 0 bridgehead atoms. The van der Waals surface area contributed by atoms with E-state index in [0.717, 1.165) is 12.8 Å². The highest BCUT2D eigenvalue weighted by Crippen LogP contribution is 2.25. The predicted octanol–water partition coefficient (Wildman–Crippen LogP) is -0.522. The molecule has 0 saturated carbocycles. The fourth-order valence-electron chi connectivity index (χ4n) is 2.46. The molecule has 2 saturated heterocycles. The maximum absolute atomic E-state index is 12.2. The quantitative estimate of drug-likeness (QED) is 0.633. The Morgan fingerprint density at radius 3 is 2.81 bits per heavy atom. The number of β-amino-alcohol motifs (C(OH)–C–C–N with tert-alkyl or cyclic N) is 1. The Bertz CT molecular complexity index is 285. The lowest BCUT2D eigenvalue weighted by Gasteiger charge is -2.39. The third kappa shape index (κ3) is 2.21. The molecule has 2 rings (SSSR count). The zero-order valence-electron chi connectivity index (χ0n) is 9.74. The van der Waals surface area contributed by atoms with Gasteiger partial charge < -0.3 is 20.5 Å². The van der Waals surface area contributed by atoms with Crippen LogP contribution in [0.15, 0.2) is 0 Å². The Kier molecular flexibility index (Phi) is 2.94. The van der Waals surface area contributed by atoms with Gasteiger partial charge in [-0.3, -0.25) is 4.79 Å². The number of amides is 1. The molecule has 5 heteroatoms. The Balaban J connectivity index is 2.04. The summed E-state index contributed by atoms with van der Waals surface area (Å²) in [6.45, 7) is 3.68. The number of ether oxygens (including phenoxy) is 1. The standard InChI is InChI=1S/C11H20N2O3/c1-10(15)3-2-5-13(7-10)9(14)11(12)4-6-16-8-11/h15H,2-8,12H2,1H3. The van der Waals surface area contributed by atoms with E-state index in [0.29, 0.717) is 32.7 Å². The van der Waals surface area contributed by atoms with Crippen molar-refractivity contribution in [1.29, 1.82) is 0 Å². The molecule has 1 amide bonds. The summed E-state index contributed by atoms with van der Waals surface area (Å²) >= 11 is 0. The van der Waals surface area contributed by atoms with Crippen LogP contribution in [0, 0.1) is 0 Å². The molecule has 92 valence electrons. The summed E-state index contributed by atoms with van der Waals surface area (Å²) in [5.74, 6) is -0.0787. The first-order valence-corrected chi connectivity index (χ1v) is 5.81. The first-order valence-electron chi connectivity index (χ1n) is 5.81. The maximum atomic E-state index is 12.2. The second kappa shape index (κ2) is 3.98. The van der Waals surface area contributed by atoms with Gasteiger partial charge >= 0.3 is 0 Å². The fourth-order valence-corrected chi connectivity index (χ4v) is 2.46. The average molecular weight is 228 g/mol. The van der Waals surface area contributed by atoms with Crippen LogP contribution in [-0.2, 0) is 9.53 Å². The van der Waals surface area contributed by atoms with Crippen LogP contribution in [0.1, 0.15) is 26.2 Å². The summed E-state index contributed by atoms with van der Waals surface area (Å²) in [4.78, 5) is 13.9. The number of hydrogen-bond acceptors (Lipinski definition) is 4. The molecule has 0 radical (unpaired) electrons. The highest BCUT2D eigenvalue weighted by atomic mass is 16.5. The number of nitrogens with zero attached hydrogens (tertiary/aromatic N) is 1. The van der Waals surface area contributed by atoms with Crippen molar-refractivity contribution < 1.29 is 14.6 Å². The maximum Gasteiger partial charge on any atom is 0.245 e. The molecule has 2 fully saturated rings. The molecule has 2 atom stereocenters. The van der Waals surface area contributed by atoms with Gasteiger partial charge in [0.25, 0.3) is 0 Å².